The molecule has 1 aromatic carbocycles. The smallest absolute Gasteiger partial charge is 0.182 e. The topological polar surface area (TPSA) is 89.9 Å². The van der Waals surface area contributed by atoms with Crippen LogP contribution in [0.25, 0.3) is 11.4 Å². The lowest BCUT2D eigenvalue weighted by Crippen LogP contribution is -2.04. The maximum atomic E-state index is 8.77. The van der Waals surface area contributed by atoms with Gasteiger partial charge in [0.2, 0.25) is 0 Å². The van der Waals surface area contributed by atoms with Gasteiger partial charge in [-0.25, -0.2) is 4.68 Å². The second-order valence-electron chi connectivity index (χ2n) is 3.43. The third kappa shape index (κ3) is 2.17. The predicted octanol–water partition coefficient (Wildman–Crippen LogP) is 0.305. The highest BCUT2D eigenvalue weighted by atomic mass is 16.3. The van der Waals surface area contributed by atoms with Gasteiger partial charge in [-0.2, -0.15) is 0 Å². The average molecular weight is 219 g/mol. The summed E-state index contributed by atoms with van der Waals surface area (Å²) in [5.74, 6) is 0.667. The lowest BCUT2D eigenvalue weighted by atomic mass is 10.2. The van der Waals surface area contributed by atoms with Gasteiger partial charge >= 0.3 is 0 Å². The normalized spacial score (nSPS) is 10.6. The Labute approximate surface area is 92.7 Å². The summed E-state index contributed by atoms with van der Waals surface area (Å²) in [7, 11) is 0. The Kier molecular flexibility index (Phi) is 3.11. The van der Waals surface area contributed by atoms with Crippen LogP contribution >= 0.6 is 0 Å². The summed E-state index contributed by atoms with van der Waals surface area (Å²) in [5, 5.41) is 20.2. The van der Waals surface area contributed by atoms with Crippen molar-refractivity contribution < 1.29 is 5.11 Å². The molecule has 1 heterocycles. The largest absolute Gasteiger partial charge is 0.399 e. The number of hydrogen-bond donors (Lipinski definition) is 2. The molecule has 2 aromatic rings. The van der Waals surface area contributed by atoms with Crippen LogP contribution in [0.5, 0.6) is 0 Å². The van der Waals surface area contributed by atoms with Crippen molar-refractivity contribution in [1.82, 2.24) is 20.2 Å². The third-order valence-corrected chi connectivity index (χ3v) is 2.20. The summed E-state index contributed by atoms with van der Waals surface area (Å²) < 4.78 is 1.66. The van der Waals surface area contributed by atoms with E-state index in [2.05, 4.69) is 15.5 Å². The van der Waals surface area contributed by atoms with Gasteiger partial charge in [0.05, 0.1) is 0 Å². The van der Waals surface area contributed by atoms with Gasteiger partial charge < -0.3 is 10.8 Å². The van der Waals surface area contributed by atoms with Crippen LogP contribution in [0.4, 0.5) is 5.69 Å². The number of tetrazole rings is 1. The first-order valence-corrected chi connectivity index (χ1v) is 5.04. The molecule has 0 bridgehead atoms. The van der Waals surface area contributed by atoms with Crippen LogP contribution in [0.2, 0.25) is 0 Å². The summed E-state index contributed by atoms with van der Waals surface area (Å²) in [6.45, 7) is 0.712. The van der Waals surface area contributed by atoms with Crippen LogP contribution in [-0.2, 0) is 6.54 Å². The second-order valence-corrected chi connectivity index (χ2v) is 3.43. The minimum atomic E-state index is 0.121. The molecule has 1 aromatic heterocycles. The molecule has 3 N–H and O–H groups in total. The number of nitrogen functional groups attached to an aromatic ring is 1. The minimum absolute atomic E-state index is 0.121. The lowest BCUT2D eigenvalue weighted by molar-refractivity contribution is 0.276. The van der Waals surface area contributed by atoms with Crippen molar-refractivity contribution in [1.29, 1.82) is 0 Å². The molecule has 84 valence electrons. The standard InChI is InChI=1S/C10H13N5O/c11-9-4-1-3-8(7-9)10-12-13-14-15(10)5-2-6-16/h1,3-4,7,16H,2,5-6,11H2. The molecular weight excluding hydrogens is 206 g/mol. The molecular formula is C10H13N5O. The van der Waals surface area contributed by atoms with Gasteiger partial charge in [-0.1, -0.05) is 12.1 Å². The summed E-state index contributed by atoms with van der Waals surface area (Å²) >= 11 is 0. The van der Waals surface area contributed by atoms with Crippen molar-refractivity contribution in [2.24, 2.45) is 0 Å². The maximum Gasteiger partial charge on any atom is 0.182 e. The maximum absolute atomic E-state index is 8.77. The number of anilines is 1. The van der Waals surface area contributed by atoms with E-state index in [0.29, 0.717) is 24.5 Å². The Hall–Kier alpha value is -1.95. The fourth-order valence-electron chi connectivity index (χ4n) is 1.46. The lowest BCUT2D eigenvalue weighted by Gasteiger charge is -2.03. The fourth-order valence-corrected chi connectivity index (χ4v) is 1.46. The van der Waals surface area contributed by atoms with E-state index < -0.39 is 0 Å². The van der Waals surface area contributed by atoms with Crippen LogP contribution in [-0.4, -0.2) is 31.9 Å². The molecule has 0 aliphatic carbocycles. The highest BCUT2D eigenvalue weighted by Crippen LogP contribution is 2.18. The van der Waals surface area contributed by atoms with E-state index in [0.717, 1.165) is 5.56 Å². The number of nitrogens with zero attached hydrogens (tertiary/aromatic N) is 4. The molecule has 0 aliphatic rings. The van der Waals surface area contributed by atoms with Crippen molar-refractivity contribution in [3.8, 4) is 11.4 Å². The van der Waals surface area contributed by atoms with Gasteiger partial charge in [0.15, 0.2) is 5.82 Å². The van der Waals surface area contributed by atoms with E-state index in [-0.39, 0.29) is 6.61 Å². The second kappa shape index (κ2) is 4.71. The van der Waals surface area contributed by atoms with Crippen molar-refractivity contribution in [3.05, 3.63) is 24.3 Å². The summed E-state index contributed by atoms with van der Waals surface area (Å²) in [6, 6.07) is 7.39. The molecule has 0 unspecified atom stereocenters. The SMILES string of the molecule is Nc1cccc(-c2nnnn2CCCO)c1. The van der Waals surface area contributed by atoms with Crippen molar-refractivity contribution >= 4 is 5.69 Å². The molecule has 0 atom stereocenters. The van der Waals surface area contributed by atoms with E-state index >= 15 is 0 Å². The first-order valence-electron chi connectivity index (χ1n) is 5.04. The van der Waals surface area contributed by atoms with Crippen molar-refractivity contribution in [2.75, 3.05) is 12.3 Å². The molecule has 6 heteroatoms. The zero-order chi connectivity index (χ0) is 11.4. The number of aliphatic hydroxyl groups excluding tert-OH is 1. The third-order valence-electron chi connectivity index (χ3n) is 2.20. The summed E-state index contributed by atoms with van der Waals surface area (Å²) in [4.78, 5) is 0. The number of rotatable bonds is 4. The van der Waals surface area contributed by atoms with Crippen LogP contribution in [0.3, 0.4) is 0 Å². The number of nitrogens with two attached hydrogens (primary N) is 1. The van der Waals surface area contributed by atoms with Gasteiger partial charge in [-0.05, 0) is 29.0 Å². The zero-order valence-electron chi connectivity index (χ0n) is 8.74. The van der Waals surface area contributed by atoms with Crippen molar-refractivity contribution in [3.63, 3.8) is 0 Å². The Balaban J connectivity index is 2.29. The number of aliphatic hydroxyl groups is 1. The Morgan fingerprint density at radius 1 is 1.38 bits per heavy atom. The molecule has 16 heavy (non-hydrogen) atoms. The monoisotopic (exact) mass is 219 g/mol. The highest BCUT2D eigenvalue weighted by molar-refractivity contribution is 5.60. The highest BCUT2D eigenvalue weighted by Gasteiger charge is 2.08. The number of aromatic nitrogens is 4. The quantitative estimate of drug-likeness (QED) is 0.722. The van der Waals surface area contributed by atoms with E-state index in [1.165, 1.54) is 0 Å². The molecule has 6 nitrogen and oxygen atoms in total. The number of aryl methyl sites for hydroxylation is 1. The molecule has 0 saturated carbocycles. The van der Waals surface area contributed by atoms with E-state index in [9.17, 15) is 0 Å². The average Bonchev–Trinajstić information content (AvgIpc) is 2.74. The minimum Gasteiger partial charge on any atom is -0.399 e. The summed E-state index contributed by atoms with van der Waals surface area (Å²) in [5.41, 5.74) is 7.25. The summed E-state index contributed by atoms with van der Waals surface area (Å²) in [6.07, 6.45) is 0.625. The van der Waals surface area contributed by atoms with Gasteiger partial charge in [0, 0.05) is 24.4 Å². The number of hydrogen-bond acceptors (Lipinski definition) is 5. The first-order chi connectivity index (χ1) is 7.81. The van der Waals surface area contributed by atoms with Gasteiger partial charge in [0.1, 0.15) is 0 Å². The van der Waals surface area contributed by atoms with Crippen LogP contribution in [0.15, 0.2) is 24.3 Å². The zero-order valence-corrected chi connectivity index (χ0v) is 8.74. The van der Waals surface area contributed by atoms with Crippen LogP contribution in [0, 0.1) is 0 Å². The van der Waals surface area contributed by atoms with Crippen LogP contribution < -0.4 is 5.73 Å². The van der Waals surface area contributed by atoms with Crippen molar-refractivity contribution in [2.45, 2.75) is 13.0 Å². The van der Waals surface area contributed by atoms with E-state index in [4.69, 9.17) is 10.8 Å². The van der Waals surface area contributed by atoms with E-state index in [1.807, 2.05) is 24.3 Å². The molecule has 2 rings (SSSR count). The van der Waals surface area contributed by atoms with Gasteiger partial charge in [-0.3, -0.25) is 0 Å². The van der Waals surface area contributed by atoms with Gasteiger partial charge in [-0.15, -0.1) is 5.10 Å². The molecule has 0 radical (unpaired) electrons. The first kappa shape index (κ1) is 10.6. The Morgan fingerprint density at radius 3 is 3.00 bits per heavy atom. The Morgan fingerprint density at radius 2 is 2.25 bits per heavy atom. The molecule has 0 amide bonds. The van der Waals surface area contributed by atoms with Gasteiger partial charge in [0.25, 0.3) is 0 Å². The Bertz CT molecular complexity index is 468. The molecule has 0 aliphatic heterocycles. The van der Waals surface area contributed by atoms with Crippen LogP contribution in [0.1, 0.15) is 6.42 Å². The molecule has 0 fully saturated rings. The molecule has 0 spiro atoms. The molecule has 0 saturated heterocycles. The predicted molar refractivity (Wildman–Crippen MR) is 59.4 cm³/mol. The fraction of sp³-hybridized carbons (Fsp3) is 0.300. The number of benzene rings is 1. The van der Waals surface area contributed by atoms with E-state index in [1.54, 1.807) is 4.68 Å².